The lowest BCUT2D eigenvalue weighted by molar-refractivity contribution is 0.305. The number of nitrogens with zero attached hydrogens (tertiary/aromatic N) is 2. The van der Waals surface area contributed by atoms with Crippen molar-refractivity contribution in [1.29, 1.82) is 0 Å². The molecule has 0 radical (unpaired) electrons. The van der Waals surface area contributed by atoms with Gasteiger partial charge >= 0.3 is 0 Å². The van der Waals surface area contributed by atoms with Crippen molar-refractivity contribution in [2.24, 2.45) is 0 Å². The van der Waals surface area contributed by atoms with Gasteiger partial charge in [-0.15, -0.1) is 0 Å². The number of rotatable bonds is 4. The fourth-order valence-corrected chi connectivity index (χ4v) is 1.87. The van der Waals surface area contributed by atoms with Gasteiger partial charge in [0.1, 0.15) is 5.75 Å². The summed E-state index contributed by atoms with van der Waals surface area (Å²) in [6.45, 7) is 0.359. The van der Waals surface area contributed by atoms with E-state index in [1.165, 1.54) is 10.7 Å². The van der Waals surface area contributed by atoms with E-state index in [1.54, 1.807) is 19.4 Å². The normalized spacial score (nSPS) is 9.81. The molecule has 0 fully saturated rings. The third-order valence-corrected chi connectivity index (χ3v) is 2.86. The van der Waals surface area contributed by atoms with Gasteiger partial charge in [-0.3, -0.25) is 4.79 Å². The Morgan fingerprint density at radius 2 is 2.24 bits per heavy atom. The summed E-state index contributed by atoms with van der Waals surface area (Å²) in [6, 6.07) is 8.59. The van der Waals surface area contributed by atoms with Gasteiger partial charge in [0.15, 0.2) is 0 Å². The Morgan fingerprint density at radius 3 is 2.95 bits per heavy atom. The topological polar surface area (TPSA) is 64.3 Å². The van der Waals surface area contributed by atoms with Crippen molar-refractivity contribution in [3.8, 4) is 17.6 Å². The van der Waals surface area contributed by atoms with Crippen molar-refractivity contribution in [3.05, 3.63) is 58.0 Å². The van der Waals surface area contributed by atoms with Crippen LogP contribution in [0.3, 0.4) is 0 Å². The van der Waals surface area contributed by atoms with E-state index in [9.17, 15) is 4.79 Å². The second-order valence-electron chi connectivity index (χ2n) is 4.32. The molecule has 0 unspecified atom stereocenters. The average molecular weight is 284 g/mol. The molecular weight excluding hydrogens is 268 g/mol. The van der Waals surface area contributed by atoms with Crippen LogP contribution in [0.5, 0.6) is 5.75 Å². The standard InChI is InChI=1S/C16H16N2O3/c1-21-15-8-7-13(5-2-3-10-19)11-14(15)12-18-16(20)6-4-9-17-18/h4,6-9,11,19H,3,10,12H2,1H3. The number of aliphatic hydroxyl groups is 1. The van der Waals surface area contributed by atoms with E-state index in [0.29, 0.717) is 18.7 Å². The van der Waals surface area contributed by atoms with Crippen LogP contribution in [-0.4, -0.2) is 28.6 Å². The SMILES string of the molecule is COc1ccc(C#CCCO)cc1Cn1ncccc1=O. The predicted molar refractivity (Wildman–Crippen MR) is 79.2 cm³/mol. The number of benzene rings is 1. The highest BCUT2D eigenvalue weighted by Gasteiger charge is 2.06. The van der Waals surface area contributed by atoms with Gasteiger partial charge in [-0.05, 0) is 24.3 Å². The van der Waals surface area contributed by atoms with Crippen LogP contribution in [0.25, 0.3) is 0 Å². The molecule has 0 amide bonds. The molecule has 5 nitrogen and oxygen atoms in total. The largest absolute Gasteiger partial charge is 0.496 e. The molecule has 2 rings (SSSR count). The lowest BCUT2D eigenvalue weighted by Crippen LogP contribution is -2.22. The number of aliphatic hydroxyl groups excluding tert-OH is 1. The molecule has 0 aliphatic carbocycles. The molecule has 21 heavy (non-hydrogen) atoms. The zero-order valence-electron chi connectivity index (χ0n) is 11.7. The van der Waals surface area contributed by atoms with Crippen LogP contribution in [0.2, 0.25) is 0 Å². The molecule has 0 bridgehead atoms. The third kappa shape index (κ3) is 3.94. The Bertz CT molecular complexity index is 726. The van der Waals surface area contributed by atoms with Crippen LogP contribution in [0.15, 0.2) is 41.3 Å². The minimum atomic E-state index is -0.170. The number of ether oxygens (including phenoxy) is 1. The quantitative estimate of drug-likeness (QED) is 0.852. The monoisotopic (exact) mass is 284 g/mol. The van der Waals surface area contributed by atoms with Gasteiger partial charge in [0, 0.05) is 29.8 Å². The Morgan fingerprint density at radius 1 is 1.38 bits per heavy atom. The Hall–Kier alpha value is -2.58. The first kappa shape index (κ1) is 14.8. The summed E-state index contributed by atoms with van der Waals surface area (Å²) in [5.74, 6) is 6.51. The summed E-state index contributed by atoms with van der Waals surface area (Å²) in [6.07, 6.45) is 2.00. The molecule has 0 saturated carbocycles. The molecule has 0 atom stereocenters. The molecule has 2 aromatic rings. The van der Waals surface area contributed by atoms with E-state index in [1.807, 2.05) is 18.2 Å². The van der Waals surface area contributed by atoms with Crippen LogP contribution < -0.4 is 10.3 Å². The Labute approximate surface area is 122 Å². The van der Waals surface area contributed by atoms with E-state index >= 15 is 0 Å². The minimum absolute atomic E-state index is 0.0410. The first-order valence-corrected chi connectivity index (χ1v) is 6.53. The number of hydrogen-bond acceptors (Lipinski definition) is 4. The van der Waals surface area contributed by atoms with Gasteiger partial charge < -0.3 is 9.84 Å². The fourth-order valence-electron chi connectivity index (χ4n) is 1.87. The van der Waals surface area contributed by atoms with Gasteiger partial charge in [-0.1, -0.05) is 11.8 Å². The van der Waals surface area contributed by atoms with Crippen LogP contribution in [0, 0.1) is 11.8 Å². The van der Waals surface area contributed by atoms with Gasteiger partial charge in [0.2, 0.25) is 0 Å². The molecule has 108 valence electrons. The van der Waals surface area contributed by atoms with Crippen molar-refractivity contribution < 1.29 is 9.84 Å². The summed E-state index contributed by atoms with van der Waals surface area (Å²) in [5.41, 5.74) is 1.47. The van der Waals surface area contributed by atoms with Crippen molar-refractivity contribution in [2.45, 2.75) is 13.0 Å². The van der Waals surface area contributed by atoms with Crippen LogP contribution in [0.4, 0.5) is 0 Å². The Balaban J connectivity index is 2.33. The Kier molecular flexibility index (Phi) is 5.13. The number of aromatic nitrogens is 2. The number of methoxy groups -OCH3 is 1. The van der Waals surface area contributed by atoms with Gasteiger partial charge in [-0.2, -0.15) is 5.10 Å². The molecule has 0 aliphatic rings. The van der Waals surface area contributed by atoms with Crippen LogP contribution in [0.1, 0.15) is 17.5 Å². The van der Waals surface area contributed by atoms with Crippen molar-refractivity contribution >= 4 is 0 Å². The average Bonchev–Trinajstić information content (AvgIpc) is 2.50. The van der Waals surface area contributed by atoms with E-state index in [0.717, 1.165) is 11.1 Å². The summed E-state index contributed by atoms with van der Waals surface area (Å²) in [4.78, 5) is 11.7. The lowest BCUT2D eigenvalue weighted by Gasteiger charge is -2.09. The fraction of sp³-hybridized carbons (Fsp3) is 0.250. The van der Waals surface area contributed by atoms with Crippen LogP contribution >= 0.6 is 0 Å². The molecular formula is C16H16N2O3. The molecule has 1 N–H and O–H groups in total. The highest BCUT2D eigenvalue weighted by Crippen LogP contribution is 2.20. The van der Waals surface area contributed by atoms with E-state index < -0.39 is 0 Å². The summed E-state index contributed by atoms with van der Waals surface area (Å²) in [5, 5.41) is 12.8. The second kappa shape index (κ2) is 7.27. The predicted octanol–water partition coefficient (Wildman–Crippen LogP) is 1.03. The smallest absolute Gasteiger partial charge is 0.267 e. The summed E-state index contributed by atoms with van der Waals surface area (Å²) < 4.78 is 6.67. The minimum Gasteiger partial charge on any atom is -0.496 e. The molecule has 0 saturated heterocycles. The molecule has 0 aliphatic heterocycles. The first-order chi connectivity index (χ1) is 10.2. The van der Waals surface area contributed by atoms with Crippen molar-refractivity contribution in [2.75, 3.05) is 13.7 Å². The molecule has 1 aromatic heterocycles. The van der Waals surface area contributed by atoms with Crippen LogP contribution in [-0.2, 0) is 6.54 Å². The first-order valence-electron chi connectivity index (χ1n) is 6.53. The maximum absolute atomic E-state index is 11.7. The van der Waals surface area contributed by atoms with Gasteiger partial charge in [0.05, 0.1) is 20.3 Å². The zero-order valence-corrected chi connectivity index (χ0v) is 11.7. The zero-order chi connectivity index (χ0) is 15.1. The molecule has 1 aromatic carbocycles. The maximum atomic E-state index is 11.7. The third-order valence-electron chi connectivity index (χ3n) is 2.86. The van der Waals surface area contributed by atoms with E-state index in [2.05, 4.69) is 16.9 Å². The van der Waals surface area contributed by atoms with Gasteiger partial charge in [0.25, 0.3) is 5.56 Å². The summed E-state index contributed by atoms with van der Waals surface area (Å²) >= 11 is 0. The maximum Gasteiger partial charge on any atom is 0.267 e. The van der Waals surface area contributed by atoms with E-state index in [4.69, 9.17) is 9.84 Å². The second-order valence-corrected chi connectivity index (χ2v) is 4.32. The van der Waals surface area contributed by atoms with Crippen molar-refractivity contribution in [3.63, 3.8) is 0 Å². The highest BCUT2D eigenvalue weighted by molar-refractivity contribution is 5.44. The van der Waals surface area contributed by atoms with Gasteiger partial charge in [-0.25, -0.2) is 4.68 Å². The molecule has 1 heterocycles. The lowest BCUT2D eigenvalue weighted by atomic mass is 10.1. The molecule has 5 heteroatoms. The number of hydrogen-bond donors (Lipinski definition) is 1. The van der Waals surface area contributed by atoms with Crippen molar-refractivity contribution in [1.82, 2.24) is 9.78 Å². The molecule has 0 spiro atoms. The van der Waals surface area contributed by atoms with E-state index in [-0.39, 0.29) is 12.2 Å². The highest BCUT2D eigenvalue weighted by atomic mass is 16.5. The summed E-state index contributed by atoms with van der Waals surface area (Å²) in [7, 11) is 1.58.